The second kappa shape index (κ2) is 7.17. The van der Waals surface area contributed by atoms with Crippen molar-refractivity contribution in [2.45, 2.75) is 45.2 Å². The molecule has 4 heterocycles. The lowest BCUT2D eigenvalue weighted by Gasteiger charge is -2.44. The predicted octanol–water partition coefficient (Wildman–Crippen LogP) is 1.55. The Hall–Kier alpha value is -1.24. The fourth-order valence-corrected chi connectivity index (χ4v) is 4.43. The van der Waals surface area contributed by atoms with Crippen molar-refractivity contribution in [1.29, 1.82) is 0 Å². The normalized spacial score (nSPS) is 23.0. The van der Waals surface area contributed by atoms with E-state index in [1.54, 1.807) is 0 Å². The molecule has 3 aliphatic heterocycles. The van der Waals surface area contributed by atoms with Gasteiger partial charge in [0.2, 0.25) is 0 Å². The molecule has 1 aromatic heterocycles. The van der Waals surface area contributed by atoms with Crippen molar-refractivity contribution in [3.63, 3.8) is 0 Å². The first-order valence-corrected chi connectivity index (χ1v) is 9.77. The summed E-state index contributed by atoms with van der Waals surface area (Å²) in [6.07, 6.45) is 3.57. The van der Waals surface area contributed by atoms with Crippen LogP contribution in [-0.4, -0.2) is 78.0 Å². The molecule has 1 aromatic rings. The van der Waals surface area contributed by atoms with Crippen LogP contribution >= 0.6 is 0 Å². The SMILES string of the molecule is CC(C)(CN1CCc2nnc(N3CCCC3)cc2C1)N1CCOCC1. The smallest absolute Gasteiger partial charge is 0.151 e. The molecule has 0 N–H and O–H groups in total. The van der Waals surface area contributed by atoms with Crippen molar-refractivity contribution in [3.05, 3.63) is 17.3 Å². The van der Waals surface area contributed by atoms with Crippen molar-refractivity contribution in [2.75, 3.05) is 57.4 Å². The summed E-state index contributed by atoms with van der Waals surface area (Å²) in [5, 5.41) is 9.02. The van der Waals surface area contributed by atoms with Gasteiger partial charge in [-0.25, -0.2) is 0 Å². The number of rotatable bonds is 4. The molecule has 0 aliphatic carbocycles. The van der Waals surface area contributed by atoms with Gasteiger partial charge in [-0.05, 0) is 38.3 Å². The molecule has 0 unspecified atom stereocenters. The van der Waals surface area contributed by atoms with Crippen LogP contribution in [0.5, 0.6) is 0 Å². The second-order valence-corrected chi connectivity index (χ2v) is 8.24. The van der Waals surface area contributed by atoms with Gasteiger partial charge >= 0.3 is 0 Å². The number of fused-ring (bicyclic) bond motifs is 1. The lowest BCUT2D eigenvalue weighted by Crippen LogP contribution is -2.55. The maximum absolute atomic E-state index is 5.52. The molecule has 25 heavy (non-hydrogen) atoms. The van der Waals surface area contributed by atoms with Crippen molar-refractivity contribution < 1.29 is 4.74 Å². The summed E-state index contributed by atoms with van der Waals surface area (Å²) in [6, 6.07) is 2.29. The minimum absolute atomic E-state index is 0.180. The molecule has 0 radical (unpaired) electrons. The zero-order chi connectivity index (χ0) is 17.3. The fraction of sp³-hybridized carbons (Fsp3) is 0.789. The third-order valence-electron chi connectivity index (χ3n) is 5.91. The lowest BCUT2D eigenvalue weighted by molar-refractivity contribution is -0.0231. The van der Waals surface area contributed by atoms with Gasteiger partial charge in [0.25, 0.3) is 0 Å². The van der Waals surface area contributed by atoms with Crippen LogP contribution in [0.25, 0.3) is 0 Å². The van der Waals surface area contributed by atoms with Crippen molar-refractivity contribution >= 4 is 5.82 Å². The zero-order valence-corrected chi connectivity index (χ0v) is 15.7. The highest BCUT2D eigenvalue weighted by Crippen LogP contribution is 2.25. The summed E-state index contributed by atoms with van der Waals surface area (Å²) in [7, 11) is 0. The molecular formula is C19H31N5O. The van der Waals surface area contributed by atoms with E-state index in [1.165, 1.54) is 24.1 Å². The molecule has 6 nitrogen and oxygen atoms in total. The minimum atomic E-state index is 0.180. The Labute approximate surface area is 151 Å². The summed E-state index contributed by atoms with van der Waals surface area (Å²) < 4.78 is 5.52. The average molecular weight is 345 g/mol. The van der Waals surface area contributed by atoms with E-state index in [0.717, 1.165) is 71.3 Å². The maximum atomic E-state index is 5.52. The van der Waals surface area contributed by atoms with E-state index in [-0.39, 0.29) is 5.54 Å². The molecule has 0 bridgehead atoms. The quantitative estimate of drug-likeness (QED) is 0.825. The molecule has 0 amide bonds. The Balaban J connectivity index is 1.43. The van der Waals surface area contributed by atoms with E-state index in [2.05, 4.69) is 44.8 Å². The predicted molar refractivity (Wildman–Crippen MR) is 98.9 cm³/mol. The van der Waals surface area contributed by atoms with E-state index >= 15 is 0 Å². The van der Waals surface area contributed by atoms with Crippen LogP contribution in [0.15, 0.2) is 6.07 Å². The number of nitrogens with zero attached hydrogens (tertiary/aromatic N) is 5. The summed E-state index contributed by atoms with van der Waals surface area (Å²) in [6.45, 7) is 14.0. The van der Waals surface area contributed by atoms with Crippen molar-refractivity contribution in [2.24, 2.45) is 0 Å². The molecule has 4 rings (SSSR count). The highest BCUT2D eigenvalue weighted by molar-refractivity contribution is 5.42. The third kappa shape index (κ3) is 3.81. The second-order valence-electron chi connectivity index (χ2n) is 8.24. The number of ether oxygens (including phenoxy) is 1. The van der Waals surface area contributed by atoms with Gasteiger partial charge in [-0.2, -0.15) is 5.10 Å². The molecule has 0 aromatic carbocycles. The molecule has 0 atom stereocenters. The number of hydrogen-bond acceptors (Lipinski definition) is 6. The van der Waals surface area contributed by atoms with Crippen LogP contribution in [0.4, 0.5) is 5.82 Å². The Morgan fingerprint density at radius 3 is 2.56 bits per heavy atom. The third-order valence-corrected chi connectivity index (χ3v) is 5.91. The summed E-state index contributed by atoms with van der Waals surface area (Å²) in [4.78, 5) is 7.55. The standard InChI is InChI=1S/C19H31N5O/c1-19(2,24-9-11-25-12-10-24)15-22-8-5-17-16(14-22)13-18(21-20-17)23-6-3-4-7-23/h13H,3-12,14-15H2,1-2H3. The largest absolute Gasteiger partial charge is 0.379 e. The molecule has 0 spiro atoms. The monoisotopic (exact) mass is 345 g/mol. The fourth-order valence-electron chi connectivity index (χ4n) is 4.43. The summed E-state index contributed by atoms with van der Waals surface area (Å²) >= 11 is 0. The van der Waals surface area contributed by atoms with Crippen molar-refractivity contribution in [3.8, 4) is 0 Å². The number of hydrogen-bond donors (Lipinski definition) is 0. The average Bonchev–Trinajstić information content (AvgIpc) is 3.16. The highest BCUT2D eigenvalue weighted by Gasteiger charge is 2.32. The maximum Gasteiger partial charge on any atom is 0.151 e. The van der Waals surface area contributed by atoms with Crippen LogP contribution in [-0.2, 0) is 17.7 Å². The molecule has 2 saturated heterocycles. The number of anilines is 1. The van der Waals surface area contributed by atoms with Crippen LogP contribution < -0.4 is 4.90 Å². The molecule has 0 saturated carbocycles. The van der Waals surface area contributed by atoms with Crippen LogP contribution in [0, 0.1) is 0 Å². The Morgan fingerprint density at radius 1 is 1.04 bits per heavy atom. The van der Waals surface area contributed by atoms with Gasteiger partial charge in [0.05, 0.1) is 18.9 Å². The zero-order valence-electron chi connectivity index (χ0n) is 15.7. The summed E-state index contributed by atoms with van der Waals surface area (Å²) in [5.41, 5.74) is 2.75. The first-order chi connectivity index (χ1) is 12.1. The van der Waals surface area contributed by atoms with E-state index in [9.17, 15) is 0 Å². The highest BCUT2D eigenvalue weighted by atomic mass is 16.5. The van der Waals surface area contributed by atoms with Gasteiger partial charge in [-0.15, -0.1) is 5.10 Å². The molecule has 2 fully saturated rings. The minimum Gasteiger partial charge on any atom is -0.379 e. The number of aromatic nitrogens is 2. The van der Waals surface area contributed by atoms with Gasteiger partial charge in [-0.1, -0.05) is 0 Å². The van der Waals surface area contributed by atoms with E-state index < -0.39 is 0 Å². The molecule has 3 aliphatic rings. The van der Waals surface area contributed by atoms with Crippen LogP contribution in [0.2, 0.25) is 0 Å². The van der Waals surface area contributed by atoms with Crippen LogP contribution in [0.3, 0.4) is 0 Å². The Bertz CT molecular complexity index is 593. The Kier molecular flexibility index (Phi) is 4.93. The van der Waals surface area contributed by atoms with Gasteiger partial charge in [-0.3, -0.25) is 9.80 Å². The molecule has 6 heteroatoms. The van der Waals surface area contributed by atoms with Crippen LogP contribution in [0.1, 0.15) is 37.9 Å². The van der Waals surface area contributed by atoms with E-state index in [1.807, 2.05) is 0 Å². The molecule has 138 valence electrons. The lowest BCUT2D eigenvalue weighted by atomic mass is 9.98. The molecular weight excluding hydrogens is 314 g/mol. The van der Waals surface area contributed by atoms with Gasteiger partial charge in [0.1, 0.15) is 0 Å². The van der Waals surface area contributed by atoms with Gasteiger partial charge in [0, 0.05) is 57.8 Å². The van der Waals surface area contributed by atoms with Gasteiger partial charge < -0.3 is 9.64 Å². The van der Waals surface area contributed by atoms with Crippen molar-refractivity contribution in [1.82, 2.24) is 20.0 Å². The summed E-state index contributed by atoms with van der Waals surface area (Å²) in [5.74, 6) is 1.07. The first kappa shape index (κ1) is 17.2. The first-order valence-electron chi connectivity index (χ1n) is 9.77. The Morgan fingerprint density at radius 2 is 1.80 bits per heavy atom. The van der Waals surface area contributed by atoms with Gasteiger partial charge in [0.15, 0.2) is 5.82 Å². The number of morpholine rings is 1. The topological polar surface area (TPSA) is 44.7 Å². The van der Waals surface area contributed by atoms with E-state index in [4.69, 9.17) is 4.74 Å². The van der Waals surface area contributed by atoms with E-state index in [0.29, 0.717) is 0 Å².